The van der Waals surface area contributed by atoms with Crippen LogP contribution in [0.25, 0.3) is 5.76 Å². The second-order valence-electron chi connectivity index (χ2n) is 8.38. The minimum absolute atomic E-state index is 0.107. The maximum absolute atomic E-state index is 14.9. The lowest BCUT2D eigenvalue weighted by molar-refractivity contribution is -0.140. The van der Waals surface area contributed by atoms with Gasteiger partial charge in [0.15, 0.2) is 0 Å². The summed E-state index contributed by atoms with van der Waals surface area (Å²) in [4.78, 5) is 29.8. The van der Waals surface area contributed by atoms with Crippen LogP contribution in [0, 0.1) is 12.7 Å². The van der Waals surface area contributed by atoms with Crippen molar-refractivity contribution in [2.75, 3.05) is 46.0 Å². The van der Waals surface area contributed by atoms with Crippen LogP contribution in [-0.4, -0.2) is 72.6 Å². The summed E-state index contributed by atoms with van der Waals surface area (Å²) in [7, 11) is 0. The van der Waals surface area contributed by atoms with Gasteiger partial charge in [0, 0.05) is 37.3 Å². The number of aliphatic hydroxyl groups is 1. The Balaban J connectivity index is 1.76. The van der Waals surface area contributed by atoms with Crippen molar-refractivity contribution in [2.45, 2.75) is 19.9 Å². The topological polar surface area (TPSA) is 79.3 Å². The van der Waals surface area contributed by atoms with E-state index in [4.69, 9.17) is 9.47 Å². The van der Waals surface area contributed by atoms with Crippen molar-refractivity contribution >= 4 is 17.4 Å². The van der Waals surface area contributed by atoms with Crippen LogP contribution < -0.4 is 4.74 Å². The van der Waals surface area contributed by atoms with Crippen LogP contribution in [0.4, 0.5) is 4.39 Å². The van der Waals surface area contributed by atoms with E-state index in [0.29, 0.717) is 43.2 Å². The molecular formula is C26H29FN2O5. The van der Waals surface area contributed by atoms with E-state index in [1.165, 1.54) is 11.0 Å². The molecule has 8 heteroatoms. The number of carbonyl (C=O) groups excluding carboxylic acids is 2. The molecule has 2 aliphatic rings. The van der Waals surface area contributed by atoms with Gasteiger partial charge in [0.05, 0.1) is 31.4 Å². The zero-order valence-electron chi connectivity index (χ0n) is 19.4. The minimum atomic E-state index is -1.02. The molecule has 0 aromatic heterocycles. The molecular weight excluding hydrogens is 439 g/mol. The second-order valence-corrected chi connectivity index (χ2v) is 8.38. The van der Waals surface area contributed by atoms with Gasteiger partial charge in [-0.25, -0.2) is 4.39 Å². The van der Waals surface area contributed by atoms with Gasteiger partial charge in [0.2, 0.25) is 0 Å². The SMILES string of the molecule is CCOc1ccc(/C(O)=C2\C(=O)C(=O)N(CCN3CCOCC3)C2c2ccccc2F)c(C)c1. The number of halogens is 1. The number of ketones is 1. The molecule has 2 aromatic rings. The quantitative estimate of drug-likeness (QED) is 0.382. The highest BCUT2D eigenvalue weighted by Crippen LogP contribution is 2.40. The molecule has 0 radical (unpaired) electrons. The van der Waals surface area contributed by atoms with Gasteiger partial charge in [-0.1, -0.05) is 18.2 Å². The van der Waals surface area contributed by atoms with E-state index < -0.39 is 23.5 Å². The molecule has 2 heterocycles. The van der Waals surface area contributed by atoms with Gasteiger partial charge in [0.25, 0.3) is 11.7 Å². The van der Waals surface area contributed by atoms with Crippen molar-refractivity contribution in [3.05, 3.63) is 70.5 Å². The number of carbonyl (C=O) groups is 2. The molecule has 4 rings (SSSR count). The molecule has 1 amide bonds. The van der Waals surface area contributed by atoms with E-state index in [0.717, 1.165) is 13.1 Å². The molecule has 180 valence electrons. The zero-order chi connectivity index (χ0) is 24.2. The first-order valence-corrected chi connectivity index (χ1v) is 11.5. The molecule has 2 aromatic carbocycles. The van der Waals surface area contributed by atoms with Crippen molar-refractivity contribution in [1.82, 2.24) is 9.80 Å². The standard InChI is InChI=1S/C26H29FN2O5/c1-3-34-18-8-9-19(17(2)16-18)24(30)22-23(20-6-4-5-7-21(20)27)29(26(32)25(22)31)11-10-28-12-14-33-15-13-28/h4-9,16,23,30H,3,10-15H2,1-2H3/b24-22+. The van der Waals surface area contributed by atoms with Crippen molar-refractivity contribution in [3.63, 3.8) is 0 Å². The molecule has 34 heavy (non-hydrogen) atoms. The normalized spacial score (nSPS) is 20.7. The number of aliphatic hydroxyl groups excluding tert-OH is 1. The first-order chi connectivity index (χ1) is 16.4. The molecule has 2 fully saturated rings. The number of morpholine rings is 1. The first-order valence-electron chi connectivity index (χ1n) is 11.5. The lowest BCUT2D eigenvalue weighted by Crippen LogP contribution is -2.42. The van der Waals surface area contributed by atoms with Crippen molar-refractivity contribution in [3.8, 4) is 5.75 Å². The number of hydrogen-bond acceptors (Lipinski definition) is 6. The summed E-state index contributed by atoms with van der Waals surface area (Å²) >= 11 is 0. The maximum atomic E-state index is 14.9. The average molecular weight is 469 g/mol. The Morgan fingerprint density at radius 1 is 1.15 bits per heavy atom. The molecule has 0 saturated carbocycles. The third-order valence-electron chi connectivity index (χ3n) is 6.26. The Morgan fingerprint density at radius 2 is 1.88 bits per heavy atom. The number of hydrogen-bond donors (Lipinski definition) is 1. The van der Waals surface area contributed by atoms with Crippen LogP contribution in [0.3, 0.4) is 0 Å². The lowest BCUT2D eigenvalue weighted by Gasteiger charge is -2.31. The fourth-order valence-electron chi connectivity index (χ4n) is 4.51. The fourth-order valence-corrected chi connectivity index (χ4v) is 4.51. The predicted octanol–water partition coefficient (Wildman–Crippen LogP) is 3.29. The maximum Gasteiger partial charge on any atom is 0.295 e. The third-order valence-corrected chi connectivity index (χ3v) is 6.26. The van der Waals surface area contributed by atoms with E-state index in [1.807, 2.05) is 6.92 Å². The highest BCUT2D eigenvalue weighted by molar-refractivity contribution is 6.46. The van der Waals surface area contributed by atoms with E-state index >= 15 is 0 Å². The summed E-state index contributed by atoms with van der Waals surface area (Å²) in [5, 5.41) is 11.3. The van der Waals surface area contributed by atoms with Gasteiger partial charge < -0.3 is 19.5 Å². The second kappa shape index (κ2) is 10.4. The van der Waals surface area contributed by atoms with Crippen LogP contribution in [-0.2, 0) is 14.3 Å². The molecule has 2 saturated heterocycles. The summed E-state index contributed by atoms with van der Waals surface area (Å²) in [5.41, 5.74) is 1.14. The van der Waals surface area contributed by atoms with Gasteiger partial charge in [-0.2, -0.15) is 0 Å². The third kappa shape index (κ3) is 4.69. The molecule has 1 atom stereocenters. The zero-order valence-corrected chi connectivity index (χ0v) is 19.4. The predicted molar refractivity (Wildman–Crippen MR) is 125 cm³/mol. The number of rotatable bonds is 7. The van der Waals surface area contributed by atoms with E-state index in [2.05, 4.69) is 4.90 Å². The molecule has 7 nitrogen and oxygen atoms in total. The molecule has 0 aliphatic carbocycles. The fraction of sp³-hybridized carbons (Fsp3) is 0.385. The summed E-state index contributed by atoms with van der Waals surface area (Å²) in [6.07, 6.45) is 0. The van der Waals surface area contributed by atoms with E-state index in [9.17, 15) is 19.1 Å². The van der Waals surface area contributed by atoms with Crippen LogP contribution >= 0.6 is 0 Å². The smallest absolute Gasteiger partial charge is 0.295 e. The summed E-state index contributed by atoms with van der Waals surface area (Å²) < 4.78 is 25.8. The number of ether oxygens (including phenoxy) is 2. The number of likely N-dealkylation sites (tertiary alicyclic amines) is 1. The Labute approximate surface area is 198 Å². The van der Waals surface area contributed by atoms with Crippen LogP contribution in [0.1, 0.15) is 29.7 Å². The molecule has 2 aliphatic heterocycles. The summed E-state index contributed by atoms with van der Waals surface area (Å²) in [6.45, 7) is 7.54. The minimum Gasteiger partial charge on any atom is -0.507 e. The Morgan fingerprint density at radius 3 is 2.56 bits per heavy atom. The van der Waals surface area contributed by atoms with E-state index in [1.54, 1.807) is 43.3 Å². The van der Waals surface area contributed by atoms with Crippen molar-refractivity contribution in [1.29, 1.82) is 0 Å². The monoisotopic (exact) mass is 468 g/mol. The van der Waals surface area contributed by atoms with Crippen LogP contribution in [0.15, 0.2) is 48.0 Å². The number of Topliss-reactive ketones (excluding diaryl/α,β-unsaturated/α-hetero) is 1. The Bertz CT molecular complexity index is 1110. The molecule has 1 N–H and O–H groups in total. The first kappa shape index (κ1) is 23.9. The van der Waals surface area contributed by atoms with E-state index in [-0.39, 0.29) is 23.4 Å². The van der Waals surface area contributed by atoms with Crippen molar-refractivity contribution < 1.29 is 28.6 Å². The van der Waals surface area contributed by atoms with Gasteiger partial charge in [-0.05, 0) is 43.7 Å². The molecule has 0 spiro atoms. The van der Waals surface area contributed by atoms with Crippen molar-refractivity contribution in [2.24, 2.45) is 0 Å². The number of benzene rings is 2. The Kier molecular flexibility index (Phi) is 7.29. The van der Waals surface area contributed by atoms with Crippen LogP contribution in [0.2, 0.25) is 0 Å². The molecule has 1 unspecified atom stereocenters. The average Bonchev–Trinajstić information content (AvgIpc) is 3.08. The summed E-state index contributed by atoms with van der Waals surface area (Å²) in [5.74, 6) is -1.79. The molecule has 0 bridgehead atoms. The summed E-state index contributed by atoms with van der Waals surface area (Å²) in [6, 6.07) is 10.1. The lowest BCUT2D eigenvalue weighted by atomic mass is 9.93. The largest absolute Gasteiger partial charge is 0.507 e. The van der Waals surface area contributed by atoms with Crippen LogP contribution in [0.5, 0.6) is 5.75 Å². The number of amides is 1. The van der Waals surface area contributed by atoms with Gasteiger partial charge in [-0.3, -0.25) is 14.5 Å². The van der Waals surface area contributed by atoms with Gasteiger partial charge in [-0.15, -0.1) is 0 Å². The number of nitrogens with zero attached hydrogens (tertiary/aromatic N) is 2. The van der Waals surface area contributed by atoms with Gasteiger partial charge in [0.1, 0.15) is 17.3 Å². The van der Waals surface area contributed by atoms with Gasteiger partial charge >= 0.3 is 0 Å². The Hall–Kier alpha value is -3.23. The number of aryl methyl sites for hydroxylation is 1. The highest BCUT2D eigenvalue weighted by Gasteiger charge is 2.47. The highest BCUT2D eigenvalue weighted by atomic mass is 19.1.